The number of rotatable bonds is 5. The number of hydrogen-bond donors (Lipinski definition) is 0. The van der Waals surface area contributed by atoms with Gasteiger partial charge in [-0.05, 0) is 36.4 Å². The van der Waals surface area contributed by atoms with Crippen LogP contribution in [0.2, 0.25) is 10.0 Å². The smallest absolute Gasteiger partial charge is 0.268 e. The van der Waals surface area contributed by atoms with Crippen LogP contribution < -0.4 is 0 Å². The fraction of sp³-hybridized carbons (Fsp3) is 0.0476. The van der Waals surface area contributed by atoms with Crippen molar-refractivity contribution in [1.29, 1.82) is 0 Å². The summed E-state index contributed by atoms with van der Waals surface area (Å²) in [6.07, 6.45) is 1.50. The van der Waals surface area contributed by atoms with Gasteiger partial charge in [0.1, 0.15) is 5.76 Å². The minimum absolute atomic E-state index is 0.0538. The Hall–Kier alpha value is -2.47. The van der Waals surface area contributed by atoms with Crippen molar-refractivity contribution in [3.63, 3.8) is 0 Å². The van der Waals surface area contributed by atoms with Crippen LogP contribution in [0.4, 0.5) is 0 Å². The predicted molar refractivity (Wildman–Crippen MR) is 110 cm³/mol. The lowest BCUT2D eigenvalue weighted by atomic mass is 10.1. The molecule has 0 radical (unpaired) electrons. The molecule has 1 aliphatic heterocycles. The van der Waals surface area contributed by atoms with E-state index in [1.807, 2.05) is 30.3 Å². The van der Waals surface area contributed by atoms with Crippen molar-refractivity contribution in [2.45, 2.75) is 11.4 Å². The van der Waals surface area contributed by atoms with Crippen LogP contribution in [0.1, 0.15) is 11.3 Å². The number of benzene rings is 2. The summed E-state index contributed by atoms with van der Waals surface area (Å²) in [4.78, 5) is 28.7. The van der Waals surface area contributed by atoms with Crippen LogP contribution in [0.3, 0.4) is 0 Å². The molecule has 2 heterocycles. The minimum atomic E-state index is -0.413. The van der Waals surface area contributed by atoms with Gasteiger partial charge in [0.05, 0.1) is 28.3 Å². The summed E-state index contributed by atoms with van der Waals surface area (Å²) >= 11 is 13.6. The van der Waals surface area contributed by atoms with Crippen LogP contribution in [0.5, 0.6) is 0 Å². The average molecular weight is 430 g/mol. The summed E-state index contributed by atoms with van der Waals surface area (Å²) in [6, 6.07) is 17.7. The van der Waals surface area contributed by atoms with Gasteiger partial charge >= 0.3 is 0 Å². The standard InChI is InChI=1S/C21H13Cl2NO3S/c22-13-8-9-16(17(23)11-13)18-19(28-15-6-2-1-3-7-15)21(26)24(20(18)25)12-14-5-4-10-27-14/h1-11H,12H2. The summed E-state index contributed by atoms with van der Waals surface area (Å²) in [5.74, 6) is -0.269. The number of carbonyl (C=O) groups is 2. The van der Waals surface area contributed by atoms with E-state index in [2.05, 4.69) is 0 Å². The molecule has 3 aromatic rings. The molecule has 0 fully saturated rings. The first-order chi connectivity index (χ1) is 13.5. The van der Waals surface area contributed by atoms with E-state index in [1.165, 1.54) is 22.9 Å². The second-order valence-electron chi connectivity index (χ2n) is 6.02. The molecule has 140 valence electrons. The third-order valence-corrected chi connectivity index (χ3v) is 5.82. The Balaban J connectivity index is 1.79. The number of thioether (sulfide) groups is 1. The van der Waals surface area contributed by atoms with Crippen LogP contribution >= 0.6 is 35.0 Å². The number of carbonyl (C=O) groups excluding carboxylic acids is 2. The number of nitrogens with zero attached hydrogens (tertiary/aromatic N) is 1. The maximum Gasteiger partial charge on any atom is 0.268 e. The zero-order valence-electron chi connectivity index (χ0n) is 14.4. The van der Waals surface area contributed by atoms with Crippen LogP contribution in [-0.2, 0) is 16.1 Å². The highest BCUT2D eigenvalue weighted by Gasteiger charge is 2.40. The SMILES string of the molecule is O=C1C(Sc2ccccc2)=C(c2ccc(Cl)cc2Cl)C(=O)N1Cc1ccco1. The quantitative estimate of drug-likeness (QED) is 0.491. The van der Waals surface area contributed by atoms with Crippen molar-refractivity contribution in [1.82, 2.24) is 4.90 Å². The van der Waals surface area contributed by atoms with E-state index in [0.717, 1.165) is 4.90 Å². The molecule has 0 saturated heterocycles. The van der Waals surface area contributed by atoms with E-state index in [1.54, 1.807) is 30.3 Å². The first-order valence-electron chi connectivity index (χ1n) is 8.36. The van der Waals surface area contributed by atoms with Crippen LogP contribution in [0, 0.1) is 0 Å². The van der Waals surface area contributed by atoms with Crippen molar-refractivity contribution < 1.29 is 14.0 Å². The molecular weight excluding hydrogens is 417 g/mol. The summed E-state index contributed by atoms with van der Waals surface area (Å²) in [5.41, 5.74) is 0.747. The number of furan rings is 1. The second kappa shape index (κ2) is 7.87. The van der Waals surface area contributed by atoms with Gasteiger partial charge in [-0.3, -0.25) is 14.5 Å². The molecular formula is C21H13Cl2NO3S. The van der Waals surface area contributed by atoms with E-state index < -0.39 is 5.91 Å². The lowest BCUT2D eigenvalue weighted by Gasteiger charge is -2.13. The van der Waals surface area contributed by atoms with Gasteiger partial charge in [0.2, 0.25) is 0 Å². The molecule has 0 N–H and O–H groups in total. The second-order valence-corrected chi connectivity index (χ2v) is 7.95. The van der Waals surface area contributed by atoms with Gasteiger partial charge in [-0.15, -0.1) is 0 Å². The van der Waals surface area contributed by atoms with Gasteiger partial charge in [0.15, 0.2) is 0 Å². The first-order valence-corrected chi connectivity index (χ1v) is 9.93. The molecule has 28 heavy (non-hydrogen) atoms. The molecule has 0 spiro atoms. The highest BCUT2D eigenvalue weighted by atomic mass is 35.5. The van der Waals surface area contributed by atoms with E-state index >= 15 is 0 Å². The Kier molecular flexibility index (Phi) is 5.31. The Morgan fingerprint density at radius 2 is 1.71 bits per heavy atom. The number of imide groups is 1. The van der Waals surface area contributed by atoms with Gasteiger partial charge in [-0.25, -0.2) is 0 Å². The maximum absolute atomic E-state index is 13.2. The summed E-state index contributed by atoms with van der Waals surface area (Å²) in [7, 11) is 0. The molecule has 2 aromatic carbocycles. The highest BCUT2D eigenvalue weighted by Crippen LogP contribution is 2.42. The number of amides is 2. The normalized spacial score (nSPS) is 14.3. The Labute approximate surface area is 175 Å². The highest BCUT2D eigenvalue weighted by molar-refractivity contribution is 8.04. The van der Waals surface area contributed by atoms with E-state index in [9.17, 15) is 9.59 Å². The average Bonchev–Trinajstić information content (AvgIpc) is 3.27. The van der Waals surface area contributed by atoms with E-state index in [-0.39, 0.29) is 18.0 Å². The molecule has 1 aliphatic rings. The van der Waals surface area contributed by atoms with Gasteiger partial charge < -0.3 is 4.42 Å². The Morgan fingerprint density at radius 3 is 2.39 bits per heavy atom. The largest absolute Gasteiger partial charge is 0.467 e. The lowest BCUT2D eigenvalue weighted by Crippen LogP contribution is -2.30. The Bertz CT molecular complexity index is 1080. The zero-order valence-corrected chi connectivity index (χ0v) is 16.7. The van der Waals surface area contributed by atoms with Crippen LogP contribution in [-0.4, -0.2) is 16.7 Å². The fourth-order valence-corrected chi connectivity index (χ4v) is 4.42. The molecule has 7 heteroatoms. The zero-order chi connectivity index (χ0) is 19.7. The molecule has 0 aliphatic carbocycles. The minimum Gasteiger partial charge on any atom is -0.467 e. The fourth-order valence-electron chi connectivity index (χ4n) is 2.89. The monoisotopic (exact) mass is 429 g/mol. The third-order valence-electron chi connectivity index (χ3n) is 4.18. The molecule has 0 saturated carbocycles. The topological polar surface area (TPSA) is 50.5 Å². The molecule has 1 aromatic heterocycles. The van der Waals surface area contributed by atoms with Crippen LogP contribution in [0.15, 0.2) is 81.1 Å². The summed E-state index contributed by atoms with van der Waals surface area (Å²) < 4.78 is 5.31. The molecule has 0 unspecified atom stereocenters. The van der Waals surface area contributed by atoms with Crippen molar-refractivity contribution in [3.05, 3.63) is 93.2 Å². The Morgan fingerprint density at radius 1 is 0.929 bits per heavy atom. The van der Waals surface area contributed by atoms with Crippen molar-refractivity contribution in [2.24, 2.45) is 0 Å². The van der Waals surface area contributed by atoms with Gasteiger partial charge in [-0.1, -0.05) is 59.2 Å². The van der Waals surface area contributed by atoms with E-state index in [0.29, 0.717) is 26.3 Å². The molecule has 4 rings (SSSR count). The summed E-state index contributed by atoms with van der Waals surface area (Å²) in [6.45, 7) is 0.0538. The van der Waals surface area contributed by atoms with Gasteiger partial charge in [0, 0.05) is 15.5 Å². The van der Waals surface area contributed by atoms with Crippen molar-refractivity contribution in [2.75, 3.05) is 0 Å². The third kappa shape index (κ3) is 3.61. The molecule has 4 nitrogen and oxygen atoms in total. The van der Waals surface area contributed by atoms with Gasteiger partial charge in [0.25, 0.3) is 11.8 Å². The lowest BCUT2D eigenvalue weighted by molar-refractivity contribution is -0.137. The molecule has 0 atom stereocenters. The van der Waals surface area contributed by atoms with Crippen molar-refractivity contribution in [3.8, 4) is 0 Å². The van der Waals surface area contributed by atoms with Crippen LogP contribution in [0.25, 0.3) is 5.57 Å². The van der Waals surface area contributed by atoms with Gasteiger partial charge in [-0.2, -0.15) is 0 Å². The van der Waals surface area contributed by atoms with E-state index in [4.69, 9.17) is 27.6 Å². The van der Waals surface area contributed by atoms with Crippen molar-refractivity contribution >= 4 is 52.4 Å². The maximum atomic E-state index is 13.2. The number of halogens is 2. The summed E-state index contributed by atoms with van der Waals surface area (Å²) in [5, 5.41) is 0.769. The molecule has 0 bridgehead atoms. The predicted octanol–water partition coefficient (Wildman–Crippen LogP) is 5.66. The first kappa shape index (κ1) is 18.9. The molecule has 2 amide bonds. The number of hydrogen-bond acceptors (Lipinski definition) is 4.